The van der Waals surface area contributed by atoms with Crippen LogP contribution in [0, 0.1) is 5.41 Å². The fourth-order valence-corrected chi connectivity index (χ4v) is 2.38. The van der Waals surface area contributed by atoms with Crippen LogP contribution in [-0.2, 0) is 6.61 Å². The molecule has 2 unspecified atom stereocenters. The van der Waals surface area contributed by atoms with Gasteiger partial charge in [0.15, 0.2) is 0 Å². The Kier molecular flexibility index (Phi) is 5.98. The number of nitrogens with one attached hydrogen (secondary N) is 1. The predicted molar refractivity (Wildman–Crippen MR) is 78.9 cm³/mol. The van der Waals surface area contributed by atoms with Crippen molar-refractivity contribution in [2.24, 2.45) is 5.41 Å². The van der Waals surface area contributed by atoms with Crippen molar-refractivity contribution >= 4 is 0 Å². The van der Waals surface area contributed by atoms with Gasteiger partial charge in [0, 0.05) is 12.6 Å². The molecule has 0 aliphatic carbocycles. The Morgan fingerprint density at radius 1 is 1.26 bits per heavy atom. The molecule has 0 saturated heterocycles. The van der Waals surface area contributed by atoms with Gasteiger partial charge in [0.2, 0.25) is 0 Å². The summed E-state index contributed by atoms with van der Waals surface area (Å²) >= 11 is 0. The largest absolute Gasteiger partial charge is 0.393 e. The minimum atomic E-state index is -0.273. The first-order chi connectivity index (χ1) is 8.84. The van der Waals surface area contributed by atoms with Crippen LogP contribution in [0.25, 0.3) is 0 Å². The monoisotopic (exact) mass is 265 g/mol. The second-order valence-corrected chi connectivity index (χ2v) is 6.22. The first-order valence-electron chi connectivity index (χ1n) is 6.95. The van der Waals surface area contributed by atoms with Crippen LogP contribution >= 0.6 is 0 Å². The topological polar surface area (TPSA) is 52.5 Å². The molecule has 3 heteroatoms. The van der Waals surface area contributed by atoms with Crippen LogP contribution in [0.5, 0.6) is 0 Å². The molecule has 0 amide bonds. The van der Waals surface area contributed by atoms with Gasteiger partial charge in [-0.3, -0.25) is 0 Å². The standard InChI is InChI=1S/C16H27NO2/c1-12(19)9-16(3,4)11-17-13(2)15-7-5-6-14(8-15)10-18/h5-8,12-13,17-19H,9-11H2,1-4H3. The Hall–Kier alpha value is -0.900. The number of aliphatic hydroxyl groups excluding tert-OH is 2. The predicted octanol–water partition coefficient (Wildman–Crippen LogP) is 2.63. The first kappa shape index (κ1) is 16.2. The third-order valence-electron chi connectivity index (χ3n) is 3.37. The maximum absolute atomic E-state index is 9.48. The van der Waals surface area contributed by atoms with Gasteiger partial charge in [-0.15, -0.1) is 0 Å². The molecular formula is C16H27NO2. The minimum absolute atomic E-state index is 0.0665. The molecule has 1 aromatic carbocycles. The third-order valence-corrected chi connectivity index (χ3v) is 3.37. The Balaban J connectivity index is 2.57. The highest BCUT2D eigenvalue weighted by Gasteiger charge is 2.21. The summed E-state index contributed by atoms with van der Waals surface area (Å²) in [6.45, 7) is 9.19. The van der Waals surface area contributed by atoms with Crippen LogP contribution in [0.15, 0.2) is 24.3 Å². The molecule has 0 heterocycles. The van der Waals surface area contributed by atoms with Crippen molar-refractivity contribution in [2.75, 3.05) is 6.54 Å². The minimum Gasteiger partial charge on any atom is -0.393 e. The van der Waals surface area contributed by atoms with Gasteiger partial charge in [-0.2, -0.15) is 0 Å². The van der Waals surface area contributed by atoms with Crippen molar-refractivity contribution in [1.82, 2.24) is 5.32 Å². The fraction of sp³-hybridized carbons (Fsp3) is 0.625. The van der Waals surface area contributed by atoms with Gasteiger partial charge in [0.1, 0.15) is 0 Å². The van der Waals surface area contributed by atoms with Gasteiger partial charge in [-0.25, -0.2) is 0 Å². The summed E-state index contributed by atoms with van der Waals surface area (Å²) in [6.07, 6.45) is 0.508. The summed E-state index contributed by atoms with van der Waals surface area (Å²) in [4.78, 5) is 0. The van der Waals surface area contributed by atoms with E-state index in [4.69, 9.17) is 5.11 Å². The smallest absolute Gasteiger partial charge is 0.0681 e. The van der Waals surface area contributed by atoms with Gasteiger partial charge in [0.05, 0.1) is 12.7 Å². The summed E-state index contributed by atoms with van der Waals surface area (Å²) in [6, 6.07) is 8.23. The maximum atomic E-state index is 9.48. The molecule has 0 aromatic heterocycles. The second-order valence-electron chi connectivity index (χ2n) is 6.22. The van der Waals surface area contributed by atoms with E-state index in [-0.39, 0.29) is 24.2 Å². The summed E-state index contributed by atoms with van der Waals surface area (Å²) in [5.74, 6) is 0. The van der Waals surface area contributed by atoms with Crippen molar-refractivity contribution in [3.05, 3.63) is 35.4 Å². The lowest BCUT2D eigenvalue weighted by atomic mass is 9.86. The number of benzene rings is 1. The molecule has 3 N–H and O–H groups in total. The van der Waals surface area contributed by atoms with Crippen LogP contribution in [0.1, 0.15) is 51.3 Å². The highest BCUT2D eigenvalue weighted by molar-refractivity contribution is 5.25. The van der Waals surface area contributed by atoms with Gasteiger partial charge < -0.3 is 15.5 Å². The normalized spacial score (nSPS) is 15.3. The lowest BCUT2D eigenvalue weighted by molar-refractivity contribution is 0.127. The molecule has 1 aromatic rings. The molecule has 0 aliphatic rings. The van der Waals surface area contributed by atoms with Crippen LogP contribution in [0.4, 0.5) is 0 Å². The molecule has 19 heavy (non-hydrogen) atoms. The molecule has 0 aliphatic heterocycles. The molecule has 108 valence electrons. The SMILES string of the molecule is CC(O)CC(C)(C)CNC(C)c1cccc(CO)c1. The number of hydrogen-bond donors (Lipinski definition) is 3. The number of rotatable bonds is 7. The second kappa shape index (κ2) is 7.04. The quantitative estimate of drug-likeness (QED) is 0.710. The van der Waals surface area contributed by atoms with E-state index in [1.807, 2.05) is 25.1 Å². The number of aliphatic hydroxyl groups is 2. The average molecular weight is 265 g/mol. The van der Waals surface area contributed by atoms with Crippen LogP contribution in [0.2, 0.25) is 0 Å². The van der Waals surface area contributed by atoms with Crippen LogP contribution in [0.3, 0.4) is 0 Å². The van der Waals surface area contributed by atoms with Gasteiger partial charge in [-0.1, -0.05) is 38.1 Å². The molecule has 0 fully saturated rings. The third kappa shape index (κ3) is 5.72. The molecule has 0 bridgehead atoms. The summed E-state index contributed by atoms with van der Waals surface area (Å²) < 4.78 is 0. The van der Waals surface area contributed by atoms with Crippen molar-refractivity contribution in [1.29, 1.82) is 0 Å². The molecule has 0 saturated carbocycles. The zero-order valence-corrected chi connectivity index (χ0v) is 12.5. The molecule has 2 atom stereocenters. The summed E-state index contributed by atoms with van der Waals surface area (Å²) in [5, 5.41) is 22.1. The Bertz CT molecular complexity index is 388. The van der Waals surface area contributed by atoms with Crippen LogP contribution < -0.4 is 5.32 Å². The van der Waals surface area contributed by atoms with Crippen molar-refractivity contribution < 1.29 is 10.2 Å². The zero-order chi connectivity index (χ0) is 14.5. The van der Waals surface area contributed by atoms with Gasteiger partial charge >= 0.3 is 0 Å². The first-order valence-corrected chi connectivity index (χ1v) is 6.95. The Morgan fingerprint density at radius 2 is 1.95 bits per heavy atom. The van der Waals surface area contributed by atoms with Crippen molar-refractivity contribution in [2.45, 2.75) is 52.9 Å². The molecule has 0 spiro atoms. The van der Waals surface area contributed by atoms with E-state index in [0.29, 0.717) is 0 Å². The lowest BCUT2D eigenvalue weighted by Gasteiger charge is -2.28. The van der Waals surface area contributed by atoms with E-state index in [1.165, 1.54) is 5.56 Å². The zero-order valence-electron chi connectivity index (χ0n) is 12.5. The molecule has 3 nitrogen and oxygen atoms in total. The molecule has 0 radical (unpaired) electrons. The van der Waals surface area contributed by atoms with E-state index in [9.17, 15) is 5.11 Å². The highest BCUT2D eigenvalue weighted by Crippen LogP contribution is 2.23. The summed E-state index contributed by atoms with van der Waals surface area (Å²) in [7, 11) is 0. The van der Waals surface area contributed by atoms with Crippen molar-refractivity contribution in [3.8, 4) is 0 Å². The Morgan fingerprint density at radius 3 is 2.53 bits per heavy atom. The maximum Gasteiger partial charge on any atom is 0.0681 e. The van der Waals surface area contributed by atoms with E-state index in [0.717, 1.165) is 18.5 Å². The van der Waals surface area contributed by atoms with Gasteiger partial charge in [0.25, 0.3) is 0 Å². The fourth-order valence-electron chi connectivity index (χ4n) is 2.38. The molecule has 1 rings (SSSR count). The van der Waals surface area contributed by atoms with E-state index < -0.39 is 0 Å². The number of hydrogen-bond acceptors (Lipinski definition) is 3. The lowest BCUT2D eigenvalue weighted by Crippen LogP contribution is -2.33. The van der Waals surface area contributed by atoms with E-state index in [1.54, 1.807) is 0 Å². The summed E-state index contributed by atoms with van der Waals surface area (Å²) in [5.41, 5.74) is 2.19. The van der Waals surface area contributed by atoms with E-state index in [2.05, 4.69) is 32.2 Å². The highest BCUT2D eigenvalue weighted by atomic mass is 16.3. The van der Waals surface area contributed by atoms with Crippen LogP contribution in [-0.4, -0.2) is 22.9 Å². The van der Waals surface area contributed by atoms with E-state index >= 15 is 0 Å². The average Bonchev–Trinajstić information content (AvgIpc) is 2.34. The Labute approximate surface area is 116 Å². The molecular weight excluding hydrogens is 238 g/mol. The van der Waals surface area contributed by atoms with Crippen molar-refractivity contribution in [3.63, 3.8) is 0 Å². The van der Waals surface area contributed by atoms with Gasteiger partial charge in [-0.05, 0) is 36.8 Å².